The Hall–Kier alpha value is -3.92. The lowest BCUT2D eigenvalue weighted by molar-refractivity contribution is -0.104. The second kappa shape index (κ2) is 22.3. The molecule has 4 heteroatoms. The van der Waals surface area contributed by atoms with Gasteiger partial charge in [-0.2, -0.15) is 0 Å². The monoisotopic (exact) mass is 462 g/mol. The third-order valence-electron chi connectivity index (χ3n) is 3.74. The molecule has 0 aromatic heterocycles. The van der Waals surface area contributed by atoms with Gasteiger partial charge in [-0.1, -0.05) is 92.8 Å². The second-order valence-corrected chi connectivity index (χ2v) is 6.52. The molecule has 0 fully saturated rings. The van der Waals surface area contributed by atoms with Crippen LogP contribution in [0.3, 0.4) is 0 Å². The van der Waals surface area contributed by atoms with E-state index in [1.807, 2.05) is 82.3 Å². The van der Waals surface area contributed by atoms with Gasteiger partial charge in [-0.3, -0.25) is 9.59 Å². The summed E-state index contributed by atoms with van der Waals surface area (Å²) in [5, 5.41) is 0. The largest absolute Gasteiger partial charge is 0.497 e. The number of allylic oxidation sites excluding steroid dienone is 5. The molecule has 2 rings (SSSR count). The Morgan fingerprint density at radius 3 is 1.56 bits per heavy atom. The van der Waals surface area contributed by atoms with E-state index in [1.54, 1.807) is 32.4 Å². The average molecular weight is 463 g/mol. The molecule has 34 heavy (non-hydrogen) atoms. The van der Waals surface area contributed by atoms with E-state index >= 15 is 0 Å². The molecule has 0 amide bonds. The number of benzene rings is 2. The number of rotatable bonds is 8. The molecule has 0 saturated carbocycles. The Bertz CT molecular complexity index is 915. The van der Waals surface area contributed by atoms with Crippen LogP contribution in [0, 0.1) is 6.92 Å². The van der Waals surface area contributed by atoms with Gasteiger partial charge in [0.25, 0.3) is 0 Å². The van der Waals surface area contributed by atoms with Crippen molar-refractivity contribution in [3.63, 3.8) is 0 Å². The zero-order valence-electron chi connectivity index (χ0n) is 21.3. The summed E-state index contributed by atoms with van der Waals surface area (Å²) in [5.74, 6) is 1.47. The smallest absolute Gasteiger partial charge is 0.142 e. The molecule has 2 aromatic carbocycles. The number of aryl methyl sites for hydroxylation is 1. The van der Waals surface area contributed by atoms with Gasteiger partial charge in [-0.05, 0) is 55.3 Å². The first-order chi connectivity index (χ1) is 16.4. The molecule has 0 saturated heterocycles. The molecule has 182 valence electrons. The highest BCUT2D eigenvalue weighted by Gasteiger charge is 1.88. The van der Waals surface area contributed by atoms with E-state index in [2.05, 4.69) is 13.2 Å². The van der Waals surface area contributed by atoms with Crippen molar-refractivity contribution in [1.29, 1.82) is 0 Å². The van der Waals surface area contributed by atoms with Gasteiger partial charge in [0.15, 0.2) is 0 Å². The number of carbonyl (C=O) groups excluding carboxylic acids is 2. The number of aldehydes is 2. The first kappa shape index (κ1) is 32.3. The lowest BCUT2D eigenvalue weighted by Gasteiger charge is -1.98. The minimum absolute atomic E-state index is 0.651. The number of carbonyl (C=O) groups is 2. The Labute approximate surface area is 205 Å². The van der Waals surface area contributed by atoms with Gasteiger partial charge >= 0.3 is 0 Å². The number of hydrogen-bond acceptors (Lipinski definition) is 4. The van der Waals surface area contributed by atoms with Gasteiger partial charge in [0.2, 0.25) is 0 Å². The minimum Gasteiger partial charge on any atom is -0.497 e. The third kappa shape index (κ3) is 18.8. The average Bonchev–Trinajstić information content (AvgIpc) is 2.88. The predicted octanol–water partition coefficient (Wildman–Crippen LogP) is 7.42. The Morgan fingerprint density at radius 2 is 1.21 bits per heavy atom. The van der Waals surface area contributed by atoms with Crippen LogP contribution in [0.25, 0.3) is 12.2 Å². The SMILES string of the molecule is C=C(C)/C=C\C(=C)OC.CC.COc1ccc(/C=C/C=O)cc1.Cc1ccc(/C=C/C=O)cc1. The fraction of sp³-hybridized carbons (Fsp3) is 0.200. The van der Waals surface area contributed by atoms with Crippen molar-refractivity contribution in [2.75, 3.05) is 14.2 Å². The van der Waals surface area contributed by atoms with Gasteiger partial charge in [0, 0.05) is 0 Å². The lowest BCUT2D eigenvalue weighted by Crippen LogP contribution is -1.81. The van der Waals surface area contributed by atoms with Crippen molar-refractivity contribution in [1.82, 2.24) is 0 Å². The van der Waals surface area contributed by atoms with E-state index in [1.165, 1.54) is 17.7 Å². The van der Waals surface area contributed by atoms with Crippen LogP contribution in [0.1, 0.15) is 37.5 Å². The van der Waals surface area contributed by atoms with Gasteiger partial charge in [-0.15, -0.1) is 0 Å². The molecule has 0 bridgehead atoms. The summed E-state index contributed by atoms with van der Waals surface area (Å²) in [6.45, 7) is 15.2. The first-order valence-electron chi connectivity index (χ1n) is 10.9. The van der Waals surface area contributed by atoms with Gasteiger partial charge in [-0.25, -0.2) is 0 Å². The van der Waals surface area contributed by atoms with Crippen LogP contribution in [0.2, 0.25) is 0 Å². The van der Waals surface area contributed by atoms with Crippen molar-refractivity contribution in [2.24, 2.45) is 0 Å². The molecule has 0 atom stereocenters. The van der Waals surface area contributed by atoms with E-state index < -0.39 is 0 Å². The molecule has 0 spiro atoms. The highest BCUT2D eigenvalue weighted by molar-refractivity contribution is 5.74. The summed E-state index contributed by atoms with van der Waals surface area (Å²) in [6.07, 6.45) is 11.6. The molecular weight excluding hydrogens is 424 g/mol. The molecule has 0 aliphatic carbocycles. The number of ether oxygens (including phenoxy) is 2. The van der Waals surface area contributed by atoms with Crippen LogP contribution in [-0.4, -0.2) is 26.8 Å². The Kier molecular flexibility index (Phi) is 21.1. The quantitative estimate of drug-likeness (QED) is 0.177. The van der Waals surface area contributed by atoms with Gasteiger partial charge in [0.05, 0.1) is 14.2 Å². The maximum Gasteiger partial charge on any atom is 0.142 e. The molecular formula is C30H38O4. The fourth-order valence-electron chi connectivity index (χ4n) is 2.00. The molecule has 0 heterocycles. The molecule has 0 unspecified atom stereocenters. The van der Waals surface area contributed by atoms with E-state index in [4.69, 9.17) is 9.47 Å². The molecule has 2 aromatic rings. The molecule has 0 radical (unpaired) electrons. The van der Waals surface area contributed by atoms with Gasteiger partial charge < -0.3 is 9.47 Å². The van der Waals surface area contributed by atoms with Crippen molar-refractivity contribution in [3.8, 4) is 5.75 Å². The summed E-state index contributed by atoms with van der Waals surface area (Å²) >= 11 is 0. The van der Waals surface area contributed by atoms with Crippen LogP contribution in [0.15, 0.2) is 97.3 Å². The maximum atomic E-state index is 9.99. The highest BCUT2D eigenvalue weighted by atomic mass is 16.5. The number of hydrogen-bond donors (Lipinski definition) is 0. The van der Waals surface area contributed by atoms with Crippen LogP contribution >= 0.6 is 0 Å². The summed E-state index contributed by atoms with van der Waals surface area (Å²) in [4.78, 5) is 19.9. The molecule has 0 aliphatic heterocycles. The minimum atomic E-state index is 0.651. The van der Waals surface area contributed by atoms with Crippen LogP contribution in [-0.2, 0) is 14.3 Å². The summed E-state index contributed by atoms with van der Waals surface area (Å²) < 4.78 is 9.76. The fourth-order valence-corrected chi connectivity index (χ4v) is 2.00. The van der Waals surface area contributed by atoms with Crippen LogP contribution in [0.4, 0.5) is 0 Å². The summed E-state index contributed by atoms with van der Waals surface area (Å²) in [7, 11) is 3.21. The lowest BCUT2D eigenvalue weighted by atomic mass is 10.1. The Morgan fingerprint density at radius 1 is 0.765 bits per heavy atom. The second-order valence-electron chi connectivity index (χ2n) is 6.52. The van der Waals surface area contributed by atoms with Crippen molar-refractivity contribution in [3.05, 3.63) is 114 Å². The number of methoxy groups -OCH3 is 2. The van der Waals surface area contributed by atoms with Crippen molar-refractivity contribution < 1.29 is 19.1 Å². The Balaban J connectivity index is 0. The maximum absolute atomic E-state index is 9.99. The first-order valence-corrected chi connectivity index (χ1v) is 10.9. The van der Waals surface area contributed by atoms with E-state index in [-0.39, 0.29) is 0 Å². The van der Waals surface area contributed by atoms with Crippen LogP contribution in [0.5, 0.6) is 5.75 Å². The molecule has 0 N–H and O–H groups in total. The summed E-state index contributed by atoms with van der Waals surface area (Å²) in [6, 6.07) is 15.5. The van der Waals surface area contributed by atoms with Gasteiger partial charge in [0.1, 0.15) is 24.1 Å². The standard InChI is InChI=1S/C10H10O2.C10H10O.C8H12O.C2H6/c1-12-10-6-4-9(5-7-10)3-2-8-11;1-9-4-6-10(7-5-9)3-2-8-11;1-7(2)5-6-8(3)9-4;1-2/h2-8H,1H3;2-8H,1H3;5-6H,1,3H2,2,4H3;1-2H3/b2*3-2+;6-5-;. The molecule has 0 aliphatic rings. The molecule has 4 nitrogen and oxygen atoms in total. The normalized spacial score (nSPS) is 9.59. The van der Waals surface area contributed by atoms with Crippen molar-refractivity contribution in [2.45, 2.75) is 27.7 Å². The van der Waals surface area contributed by atoms with E-state index in [0.717, 1.165) is 35.0 Å². The zero-order chi connectivity index (χ0) is 26.2. The van der Waals surface area contributed by atoms with Crippen LogP contribution < -0.4 is 4.74 Å². The predicted molar refractivity (Wildman–Crippen MR) is 146 cm³/mol. The van der Waals surface area contributed by atoms with E-state index in [0.29, 0.717) is 5.76 Å². The zero-order valence-corrected chi connectivity index (χ0v) is 21.3. The summed E-state index contributed by atoms with van der Waals surface area (Å²) in [5.41, 5.74) is 4.27. The van der Waals surface area contributed by atoms with E-state index in [9.17, 15) is 9.59 Å². The highest BCUT2D eigenvalue weighted by Crippen LogP contribution is 2.11. The van der Waals surface area contributed by atoms with Crippen molar-refractivity contribution >= 4 is 24.7 Å². The third-order valence-corrected chi connectivity index (χ3v) is 3.74. The topological polar surface area (TPSA) is 52.6 Å².